The van der Waals surface area contributed by atoms with Crippen LogP contribution in [-0.2, 0) is 0 Å². The fourth-order valence-corrected chi connectivity index (χ4v) is 1.36. The van der Waals surface area contributed by atoms with Gasteiger partial charge in [-0.2, -0.15) is 0 Å². The molecule has 1 rings (SSSR count). The van der Waals surface area contributed by atoms with Crippen LogP contribution in [0.1, 0.15) is 19.3 Å². The predicted octanol–water partition coefficient (Wildman–Crippen LogP) is 0.369. The van der Waals surface area contributed by atoms with Crippen LogP contribution in [0.15, 0.2) is 17.2 Å². The van der Waals surface area contributed by atoms with Crippen LogP contribution in [0.25, 0.3) is 0 Å². The van der Waals surface area contributed by atoms with Crippen molar-refractivity contribution in [3.05, 3.63) is 22.7 Å². The Labute approximate surface area is 88.8 Å². The number of nitrogens with zero attached hydrogens (tertiary/aromatic N) is 2. The number of aliphatic hydroxyl groups excluding tert-OH is 1. The SMILES string of the molecule is CN(CCCCCO)c1ncc[nH]c1=O. The molecule has 0 aliphatic rings. The molecule has 15 heavy (non-hydrogen) atoms. The second-order valence-corrected chi connectivity index (χ2v) is 3.45. The minimum absolute atomic E-state index is 0.165. The summed E-state index contributed by atoms with van der Waals surface area (Å²) < 4.78 is 0. The highest BCUT2D eigenvalue weighted by Gasteiger charge is 2.05. The Morgan fingerprint density at radius 3 is 2.93 bits per heavy atom. The van der Waals surface area contributed by atoms with Crippen LogP contribution in [0, 0.1) is 0 Å². The molecule has 0 saturated carbocycles. The van der Waals surface area contributed by atoms with Gasteiger partial charge >= 0.3 is 0 Å². The van der Waals surface area contributed by atoms with Crippen molar-refractivity contribution in [1.29, 1.82) is 0 Å². The molecule has 0 atom stereocenters. The van der Waals surface area contributed by atoms with Gasteiger partial charge in [0.05, 0.1) is 0 Å². The predicted molar refractivity (Wildman–Crippen MR) is 59.1 cm³/mol. The molecule has 0 spiro atoms. The maximum absolute atomic E-state index is 11.3. The van der Waals surface area contributed by atoms with Crippen molar-refractivity contribution in [2.45, 2.75) is 19.3 Å². The van der Waals surface area contributed by atoms with Crippen molar-refractivity contribution in [2.75, 3.05) is 25.1 Å². The van der Waals surface area contributed by atoms with E-state index >= 15 is 0 Å². The summed E-state index contributed by atoms with van der Waals surface area (Å²) in [7, 11) is 1.84. The Balaban J connectivity index is 2.43. The summed E-state index contributed by atoms with van der Waals surface area (Å²) in [4.78, 5) is 19.8. The summed E-state index contributed by atoms with van der Waals surface area (Å²) >= 11 is 0. The van der Waals surface area contributed by atoms with E-state index in [0.717, 1.165) is 25.8 Å². The normalized spacial score (nSPS) is 10.3. The molecule has 5 heteroatoms. The van der Waals surface area contributed by atoms with Crippen molar-refractivity contribution in [3.8, 4) is 0 Å². The molecule has 2 N–H and O–H groups in total. The number of nitrogens with one attached hydrogen (secondary N) is 1. The number of aliphatic hydroxyl groups is 1. The third-order valence-electron chi connectivity index (χ3n) is 2.20. The topological polar surface area (TPSA) is 69.2 Å². The summed E-state index contributed by atoms with van der Waals surface area (Å²) in [5.74, 6) is 0.446. The fraction of sp³-hybridized carbons (Fsp3) is 0.600. The maximum Gasteiger partial charge on any atom is 0.290 e. The van der Waals surface area contributed by atoms with E-state index < -0.39 is 0 Å². The Bertz CT molecular complexity index is 337. The van der Waals surface area contributed by atoms with Gasteiger partial charge in [0, 0.05) is 32.6 Å². The Hall–Kier alpha value is -1.36. The van der Waals surface area contributed by atoms with E-state index in [-0.39, 0.29) is 12.2 Å². The summed E-state index contributed by atoms with van der Waals surface area (Å²) in [6, 6.07) is 0. The van der Waals surface area contributed by atoms with E-state index in [1.54, 1.807) is 6.20 Å². The summed E-state index contributed by atoms with van der Waals surface area (Å²) in [5.41, 5.74) is -0.165. The van der Waals surface area contributed by atoms with E-state index in [2.05, 4.69) is 9.97 Å². The zero-order chi connectivity index (χ0) is 11.1. The number of aromatic nitrogens is 2. The van der Waals surface area contributed by atoms with Gasteiger partial charge in [-0.25, -0.2) is 4.98 Å². The van der Waals surface area contributed by atoms with Crippen LogP contribution in [0.4, 0.5) is 5.82 Å². The molecule has 84 valence electrons. The monoisotopic (exact) mass is 211 g/mol. The molecule has 0 aromatic carbocycles. The maximum atomic E-state index is 11.3. The Kier molecular flexibility index (Phi) is 4.83. The third-order valence-corrected chi connectivity index (χ3v) is 2.20. The zero-order valence-electron chi connectivity index (χ0n) is 8.94. The van der Waals surface area contributed by atoms with Gasteiger partial charge in [0.1, 0.15) is 0 Å². The lowest BCUT2D eigenvalue weighted by molar-refractivity contribution is 0.283. The quantitative estimate of drug-likeness (QED) is 0.667. The summed E-state index contributed by atoms with van der Waals surface area (Å²) in [6.07, 6.45) is 5.82. The molecule has 0 saturated heterocycles. The number of H-pyrrole nitrogens is 1. The minimum Gasteiger partial charge on any atom is -0.396 e. The lowest BCUT2D eigenvalue weighted by Crippen LogP contribution is -2.27. The second-order valence-electron chi connectivity index (χ2n) is 3.45. The van der Waals surface area contributed by atoms with Crippen molar-refractivity contribution in [1.82, 2.24) is 9.97 Å². The first kappa shape index (κ1) is 11.7. The third kappa shape index (κ3) is 3.71. The minimum atomic E-state index is -0.165. The van der Waals surface area contributed by atoms with Gasteiger partial charge in [0.2, 0.25) is 0 Å². The van der Waals surface area contributed by atoms with E-state index in [1.165, 1.54) is 6.20 Å². The van der Waals surface area contributed by atoms with Gasteiger partial charge in [-0.15, -0.1) is 0 Å². The molecule has 1 heterocycles. The van der Waals surface area contributed by atoms with Crippen molar-refractivity contribution in [2.24, 2.45) is 0 Å². The van der Waals surface area contributed by atoms with E-state index in [0.29, 0.717) is 5.82 Å². The lowest BCUT2D eigenvalue weighted by atomic mass is 10.2. The number of hydrogen-bond donors (Lipinski definition) is 2. The van der Waals surface area contributed by atoms with Crippen molar-refractivity contribution in [3.63, 3.8) is 0 Å². The fourth-order valence-electron chi connectivity index (χ4n) is 1.36. The molecule has 5 nitrogen and oxygen atoms in total. The molecule has 0 bridgehead atoms. The number of anilines is 1. The van der Waals surface area contributed by atoms with Gasteiger partial charge in [-0.3, -0.25) is 4.79 Å². The molecule has 0 aliphatic heterocycles. The number of unbranched alkanes of at least 4 members (excludes halogenated alkanes) is 2. The average Bonchev–Trinajstić information content (AvgIpc) is 2.25. The number of aromatic amines is 1. The van der Waals surface area contributed by atoms with Gasteiger partial charge in [-0.05, 0) is 19.3 Å². The van der Waals surface area contributed by atoms with Crippen LogP contribution >= 0.6 is 0 Å². The molecular weight excluding hydrogens is 194 g/mol. The Morgan fingerprint density at radius 2 is 2.27 bits per heavy atom. The first-order valence-corrected chi connectivity index (χ1v) is 5.11. The Morgan fingerprint density at radius 1 is 1.47 bits per heavy atom. The molecule has 0 amide bonds. The van der Waals surface area contributed by atoms with Gasteiger partial charge in [-0.1, -0.05) is 0 Å². The van der Waals surface area contributed by atoms with Gasteiger partial charge in [0.25, 0.3) is 5.56 Å². The molecule has 0 unspecified atom stereocenters. The molecule has 0 aliphatic carbocycles. The first-order chi connectivity index (χ1) is 7.25. The molecule has 0 fully saturated rings. The number of hydrogen-bond acceptors (Lipinski definition) is 4. The second kappa shape index (κ2) is 6.19. The highest BCUT2D eigenvalue weighted by Crippen LogP contribution is 2.02. The van der Waals surface area contributed by atoms with E-state index in [9.17, 15) is 4.79 Å². The van der Waals surface area contributed by atoms with E-state index in [4.69, 9.17) is 5.11 Å². The van der Waals surface area contributed by atoms with Crippen LogP contribution < -0.4 is 10.5 Å². The van der Waals surface area contributed by atoms with Crippen molar-refractivity contribution < 1.29 is 5.11 Å². The largest absolute Gasteiger partial charge is 0.396 e. The first-order valence-electron chi connectivity index (χ1n) is 5.11. The van der Waals surface area contributed by atoms with Crippen LogP contribution in [0.3, 0.4) is 0 Å². The highest BCUT2D eigenvalue weighted by atomic mass is 16.2. The van der Waals surface area contributed by atoms with Crippen LogP contribution in [-0.4, -0.2) is 35.3 Å². The summed E-state index contributed by atoms with van der Waals surface area (Å²) in [6.45, 7) is 1.01. The standard InChI is InChI=1S/C10H17N3O2/c1-13(7-3-2-4-8-14)9-10(15)12-6-5-11-9/h5-6,14H,2-4,7-8H2,1H3,(H,12,15). The smallest absolute Gasteiger partial charge is 0.290 e. The zero-order valence-corrected chi connectivity index (χ0v) is 8.94. The molecule has 1 aromatic rings. The molecule has 1 aromatic heterocycles. The highest BCUT2D eigenvalue weighted by molar-refractivity contribution is 5.33. The van der Waals surface area contributed by atoms with Crippen molar-refractivity contribution >= 4 is 5.82 Å². The number of rotatable bonds is 6. The average molecular weight is 211 g/mol. The van der Waals surface area contributed by atoms with Gasteiger partial charge in [0.15, 0.2) is 5.82 Å². The van der Waals surface area contributed by atoms with Crippen LogP contribution in [0.5, 0.6) is 0 Å². The van der Waals surface area contributed by atoms with E-state index in [1.807, 2.05) is 11.9 Å². The lowest BCUT2D eigenvalue weighted by Gasteiger charge is -2.16. The molecular formula is C10H17N3O2. The van der Waals surface area contributed by atoms with Crippen LogP contribution in [0.2, 0.25) is 0 Å². The van der Waals surface area contributed by atoms with Gasteiger partial charge < -0.3 is 15.0 Å². The summed E-state index contributed by atoms with van der Waals surface area (Å²) in [5, 5.41) is 8.61. The molecule has 0 radical (unpaired) electrons.